The molecule has 0 bridgehead atoms. The molecule has 0 fully saturated rings. The summed E-state index contributed by atoms with van der Waals surface area (Å²) in [5, 5.41) is 3.45. The van der Waals surface area contributed by atoms with Crippen molar-refractivity contribution >= 4 is 0 Å². The molecule has 0 aromatic heterocycles. The van der Waals surface area contributed by atoms with Crippen LogP contribution in [0.25, 0.3) is 0 Å². The zero-order chi connectivity index (χ0) is 11.6. The summed E-state index contributed by atoms with van der Waals surface area (Å²) in [5.41, 5.74) is 1.47. The van der Waals surface area contributed by atoms with Crippen LogP contribution in [0.15, 0.2) is 30.3 Å². The molecule has 0 spiro atoms. The van der Waals surface area contributed by atoms with Gasteiger partial charge in [0.2, 0.25) is 0 Å². The standard InChI is InChI=1S/C15H25N/c1-3-16-14(2)10-6-4-7-11-15-12-8-5-9-13-15/h5,8-9,12-14,16H,3-4,6-7,10-11H2,1-2H3. The van der Waals surface area contributed by atoms with Crippen LogP contribution in [0.1, 0.15) is 45.1 Å². The summed E-state index contributed by atoms with van der Waals surface area (Å²) in [4.78, 5) is 0. The predicted octanol–water partition coefficient (Wildman–Crippen LogP) is 3.79. The fraction of sp³-hybridized carbons (Fsp3) is 0.600. The number of nitrogens with one attached hydrogen (secondary N) is 1. The summed E-state index contributed by atoms with van der Waals surface area (Å²) in [5.74, 6) is 0. The first-order valence-electron chi connectivity index (χ1n) is 6.60. The maximum Gasteiger partial charge on any atom is 0.00386 e. The monoisotopic (exact) mass is 219 g/mol. The Bertz CT molecular complexity index is 255. The quantitative estimate of drug-likeness (QED) is 0.656. The van der Waals surface area contributed by atoms with Crippen molar-refractivity contribution in [3.05, 3.63) is 35.9 Å². The van der Waals surface area contributed by atoms with E-state index in [0.717, 1.165) is 6.54 Å². The smallest absolute Gasteiger partial charge is 0.00386 e. The molecule has 0 saturated carbocycles. The third-order valence-corrected chi connectivity index (χ3v) is 3.00. The molecule has 1 unspecified atom stereocenters. The van der Waals surface area contributed by atoms with E-state index in [1.807, 2.05) is 0 Å². The van der Waals surface area contributed by atoms with Crippen molar-refractivity contribution in [3.8, 4) is 0 Å². The van der Waals surface area contributed by atoms with Crippen molar-refractivity contribution in [1.82, 2.24) is 5.32 Å². The molecule has 16 heavy (non-hydrogen) atoms. The first-order valence-corrected chi connectivity index (χ1v) is 6.60. The average Bonchev–Trinajstić information content (AvgIpc) is 2.30. The van der Waals surface area contributed by atoms with Gasteiger partial charge in [0.25, 0.3) is 0 Å². The van der Waals surface area contributed by atoms with Gasteiger partial charge in [-0.1, -0.05) is 50.1 Å². The molecule has 1 aromatic carbocycles. The van der Waals surface area contributed by atoms with E-state index in [4.69, 9.17) is 0 Å². The van der Waals surface area contributed by atoms with Crippen molar-refractivity contribution in [1.29, 1.82) is 0 Å². The molecule has 0 aliphatic heterocycles. The number of benzene rings is 1. The minimum absolute atomic E-state index is 0.682. The molecule has 90 valence electrons. The van der Waals surface area contributed by atoms with Gasteiger partial charge in [-0.2, -0.15) is 0 Å². The summed E-state index contributed by atoms with van der Waals surface area (Å²) in [7, 11) is 0. The van der Waals surface area contributed by atoms with Gasteiger partial charge in [-0.05, 0) is 38.3 Å². The lowest BCUT2D eigenvalue weighted by molar-refractivity contribution is 0.496. The van der Waals surface area contributed by atoms with Crippen molar-refractivity contribution in [3.63, 3.8) is 0 Å². The highest BCUT2D eigenvalue weighted by Crippen LogP contribution is 2.08. The van der Waals surface area contributed by atoms with Crippen LogP contribution in [0.4, 0.5) is 0 Å². The summed E-state index contributed by atoms with van der Waals surface area (Å²) in [6, 6.07) is 11.5. The Morgan fingerprint density at radius 1 is 1.06 bits per heavy atom. The number of aryl methyl sites for hydroxylation is 1. The van der Waals surface area contributed by atoms with Gasteiger partial charge >= 0.3 is 0 Å². The SMILES string of the molecule is CCNC(C)CCCCCc1ccccc1. The molecule has 0 aliphatic rings. The molecule has 1 atom stereocenters. The average molecular weight is 219 g/mol. The molecule has 1 rings (SSSR count). The van der Waals surface area contributed by atoms with Crippen LogP contribution in [-0.4, -0.2) is 12.6 Å². The van der Waals surface area contributed by atoms with E-state index in [1.54, 1.807) is 0 Å². The molecular formula is C15H25N. The first-order chi connectivity index (χ1) is 7.83. The zero-order valence-electron chi connectivity index (χ0n) is 10.7. The van der Waals surface area contributed by atoms with E-state index in [-0.39, 0.29) is 0 Å². The van der Waals surface area contributed by atoms with Crippen LogP contribution >= 0.6 is 0 Å². The Hall–Kier alpha value is -0.820. The van der Waals surface area contributed by atoms with E-state index in [0.29, 0.717) is 6.04 Å². The lowest BCUT2D eigenvalue weighted by Gasteiger charge is -2.11. The minimum atomic E-state index is 0.682. The largest absolute Gasteiger partial charge is 0.315 e. The minimum Gasteiger partial charge on any atom is -0.315 e. The molecule has 1 nitrogen and oxygen atoms in total. The summed E-state index contributed by atoms with van der Waals surface area (Å²) in [6.07, 6.45) is 6.56. The van der Waals surface area contributed by atoms with E-state index in [9.17, 15) is 0 Å². The number of unbranched alkanes of at least 4 members (excludes halogenated alkanes) is 2. The Morgan fingerprint density at radius 3 is 2.50 bits per heavy atom. The van der Waals surface area contributed by atoms with Crippen LogP contribution < -0.4 is 5.32 Å². The van der Waals surface area contributed by atoms with Crippen LogP contribution in [-0.2, 0) is 6.42 Å². The van der Waals surface area contributed by atoms with Gasteiger partial charge in [-0.15, -0.1) is 0 Å². The van der Waals surface area contributed by atoms with Crippen molar-refractivity contribution in [2.75, 3.05) is 6.54 Å². The highest BCUT2D eigenvalue weighted by molar-refractivity contribution is 5.14. The second kappa shape index (κ2) is 8.35. The van der Waals surface area contributed by atoms with E-state index in [2.05, 4.69) is 49.5 Å². The fourth-order valence-electron chi connectivity index (χ4n) is 2.05. The molecule has 0 amide bonds. The van der Waals surface area contributed by atoms with Crippen LogP contribution in [0.2, 0.25) is 0 Å². The van der Waals surface area contributed by atoms with Crippen LogP contribution in [0.3, 0.4) is 0 Å². The highest BCUT2D eigenvalue weighted by atomic mass is 14.9. The second-order valence-electron chi connectivity index (χ2n) is 4.54. The van der Waals surface area contributed by atoms with Crippen molar-refractivity contribution < 1.29 is 0 Å². The second-order valence-corrected chi connectivity index (χ2v) is 4.54. The van der Waals surface area contributed by atoms with E-state index < -0.39 is 0 Å². The molecule has 0 saturated heterocycles. The number of rotatable bonds is 8. The van der Waals surface area contributed by atoms with E-state index in [1.165, 1.54) is 37.7 Å². The lowest BCUT2D eigenvalue weighted by atomic mass is 10.0. The maximum atomic E-state index is 3.45. The zero-order valence-corrected chi connectivity index (χ0v) is 10.7. The molecular weight excluding hydrogens is 194 g/mol. The van der Waals surface area contributed by atoms with Gasteiger partial charge in [-0.3, -0.25) is 0 Å². The van der Waals surface area contributed by atoms with Crippen molar-refractivity contribution in [2.24, 2.45) is 0 Å². The fourth-order valence-corrected chi connectivity index (χ4v) is 2.05. The van der Waals surface area contributed by atoms with Crippen LogP contribution in [0.5, 0.6) is 0 Å². The van der Waals surface area contributed by atoms with Gasteiger partial charge in [-0.25, -0.2) is 0 Å². The summed E-state index contributed by atoms with van der Waals surface area (Å²) in [6.45, 7) is 5.54. The summed E-state index contributed by atoms with van der Waals surface area (Å²) >= 11 is 0. The lowest BCUT2D eigenvalue weighted by Crippen LogP contribution is -2.25. The van der Waals surface area contributed by atoms with Gasteiger partial charge < -0.3 is 5.32 Å². The normalized spacial score (nSPS) is 12.6. The third-order valence-electron chi connectivity index (χ3n) is 3.00. The highest BCUT2D eigenvalue weighted by Gasteiger charge is 1.99. The third kappa shape index (κ3) is 5.92. The topological polar surface area (TPSA) is 12.0 Å². The number of hydrogen-bond acceptors (Lipinski definition) is 1. The Labute approximate surface area is 100 Å². The molecule has 0 heterocycles. The van der Waals surface area contributed by atoms with Gasteiger partial charge in [0.1, 0.15) is 0 Å². The number of hydrogen-bond donors (Lipinski definition) is 1. The van der Waals surface area contributed by atoms with E-state index >= 15 is 0 Å². The maximum absolute atomic E-state index is 3.45. The molecule has 1 aromatic rings. The predicted molar refractivity (Wildman–Crippen MR) is 71.8 cm³/mol. The van der Waals surface area contributed by atoms with Gasteiger partial charge in [0, 0.05) is 6.04 Å². The first kappa shape index (κ1) is 13.2. The molecule has 0 radical (unpaired) electrons. The Morgan fingerprint density at radius 2 is 1.81 bits per heavy atom. The molecule has 1 N–H and O–H groups in total. The van der Waals surface area contributed by atoms with Gasteiger partial charge in [0.15, 0.2) is 0 Å². The summed E-state index contributed by atoms with van der Waals surface area (Å²) < 4.78 is 0. The van der Waals surface area contributed by atoms with Gasteiger partial charge in [0.05, 0.1) is 0 Å². The van der Waals surface area contributed by atoms with Crippen LogP contribution in [0, 0.1) is 0 Å². The Kier molecular flexibility index (Phi) is 6.91. The molecule has 0 aliphatic carbocycles. The molecule has 1 heteroatoms. The Balaban J connectivity index is 2.00. The van der Waals surface area contributed by atoms with Crippen molar-refractivity contribution in [2.45, 2.75) is 52.0 Å².